The minimum atomic E-state index is -0.762. The van der Waals surface area contributed by atoms with Gasteiger partial charge in [-0.05, 0) is 50.2 Å². The number of carboxylic acids is 1. The van der Waals surface area contributed by atoms with Gasteiger partial charge < -0.3 is 19.9 Å². The Morgan fingerprint density at radius 1 is 1.25 bits per heavy atom. The number of aromatic nitrogens is 4. The van der Waals surface area contributed by atoms with E-state index in [1.54, 1.807) is 30.1 Å². The maximum atomic E-state index is 11.9. The summed E-state index contributed by atoms with van der Waals surface area (Å²) in [4.78, 5) is 27.6. The zero-order chi connectivity index (χ0) is 22.5. The molecule has 2 saturated carbocycles. The minimum absolute atomic E-state index is 0.125. The summed E-state index contributed by atoms with van der Waals surface area (Å²) in [6.45, 7) is 0.657. The van der Waals surface area contributed by atoms with E-state index < -0.39 is 12.1 Å². The summed E-state index contributed by atoms with van der Waals surface area (Å²) in [6.07, 6.45) is 7.29. The molecule has 2 aliphatic rings. The second-order valence-electron chi connectivity index (χ2n) is 8.55. The highest BCUT2D eigenvalue weighted by Gasteiger charge is 2.28. The highest BCUT2D eigenvalue weighted by Crippen LogP contribution is 2.32. The fraction of sp³-hybridized carbons (Fsp3) is 0.591. The van der Waals surface area contributed by atoms with Gasteiger partial charge in [-0.3, -0.25) is 9.78 Å². The molecule has 4 rings (SSSR count). The first kappa shape index (κ1) is 22.0. The van der Waals surface area contributed by atoms with Crippen molar-refractivity contribution in [1.29, 1.82) is 0 Å². The Balaban J connectivity index is 1.33. The summed E-state index contributed by atoms with van der Waals surface area (Å²) in [5, 5.41) is 20.2. The number of nitrogens with zero attached hydrogens (tertiary/aromatic N) is 4. The SMILES string of the molecule is Cn1nnc(-c2ccc(O[C@H]3CCC[C@H](C(=O)O)C3)cn2)c1CNC(=O)OCCC1CC1. The first-order valence-electron chi connectivity index (χ1n) is 11.1. The quantitative estimate of drug-likeness (QED) is 0.605. The Morgan fingerprint density at radius 3 is 2.81 bits per heavy atom. The first-order valence-corrected chi connectivity index (χ1v) is 11.1. The van der Waals surface area contributed by atoms with E-state index in [1.807, 2.05) is 0 Å². The van der Waals surface area contributed by atoms with E-state index in [-0.39, 0.29) is 18.6 Å². The number of rotatable bonds is 9. The van der Waals surface area contributed by atoms with Crippen molar-refractivity contribution in [3.05, 3.63) is 24.0 Å². The Kier molecular flexibility index (Phi) is 6.87. The zero-order valence-corrected chi connectivity index (χ0v) is 18.2. The van der Waals surface area contributed by atoms with Gasteiger partial charge in [-0.1, -0.05) is 18.1 Å². The maximum absolute atomic E-state index is 11.9. The molecule has 172 valence electrons. The third-order valence-corrected chi connectivity index (χ3v) is 6.06. The predicted octanol–water partition coefficient (Wildman–Crippen LogP) is 2.93. The lowest BCUT2D eigenvalue weighted by Gasteiger charge is -2.27. The number of nitrogens with one attached hydrogen (secondary N) is 1. The van der Waals surface area contributed by atoms with Crippen molar-refractivity contribution in [1.82, 2.24) is 25.3 Å². The molecule has 0 spiro atoms. The van der Waals surface area contributed by atoms with Gasteiger partial charge in [-0.2, -0.15) is 0 Å². The molecule has 10 heteroatoms. The van der Waals surface area contributed by atoms with E-state index in [1.165, 1.54) is 12.8 Å². The molecule has 0 aromatic carbocycles. The molecule has 0 radical (unpaired) electrons. The van der Waals surface area contributed by atoms with Crippen LogP contribution in [0, 0.1) is 11.8 Å². The molecule has 2 atom stereocenters. The van der Waals surface area contributed by atoms with Crippen molar-refractivity contribution >= 4 is 12.1 Å². The second kappa shape index (κ2) is 9.97. The van der Waals surface area contributed by atoms with Crippen LogP contribution in [0.4, 0.5) is 4.79 Å². The summed E-state index contributed by atoms with van der Waals surface area (Å²) in [5.41, 5.74) is 1.89. The van der Waals surface area contributed by atoms with Gasteiger partial charge in [0.05, 0.1) is 42.8 Å². The van der Waals surface area contributed by atoms with Gasteiger partial charge in [-0.25, -0.2) is 9.48 Å². The number of carbonyl (C=O) groups excluding carboxylic acids is 1. The summed E-state index contributed by atoms with van der Waals surface area (Å²) in [5.74, 6) is 0.191. The van der Waals surface area contributed by atoms with Crippen LogP contribution >= 0.6 is 0 Å². The Morgan fingerprint density at radius 2 is 2.09 bits per heavy atom. The number of ether oxygens (including phenoxy) is 2. The lowest BCUT2D eigenvalue weighted by molar-refractivity contribution is -0.143. The van der Waals surface area contributed by atoms with Gasteiger partial charge in [0.25, 0.3) is 0 Å². The Bertz CT molecular complexity index is 941. The fourth-order valence-corrected chi connectivity index (χ4v) is 3.96. The van der Waals surface area contributed by atoms with Crippen molar-refractivity contribution in [2.45, 2.75) is 57.6 Å². The van der Waals surface area contributed by atoms with Crippen LogP contribution in [-0.2, 0) is 23.1 Å². The Hall–Kier alpha value is -3.17. The summed E-state index contributed by atoms with van der Waals surface area (Å²) in [7, 11) is 1.76. The predicted molar refractivity (Wildman–Crippen MR) is 114 cm³/mol. The van der Waals surface area contributed by atoms with Crippen molar-refractivity contribution in [3.63, 3.8) is 0 Å². The molecule has 2 aromatic heterocycles. The average molecular weight is 444 g/mol. The smallest absolute Gasteiger partial charge is 0.407 e. The van der Waals surface area contributed by atoms with Crippen LogP contribution < -0.4 is 10.1 Å². The number of carboxylic acid groups (broad SMARTS) is 1. The standard InChI is InChI=1S/C22H29N5O5/c1-27-19(13-24-22(30)31-10-9-14-5-6-14)20(25-26-27)18-8-7-17(12-23-18)32-16-4-2-3-15(11-16)21(28)29/h7-8,12,14-16H,2-6,9-11,13H2,1H3,(H,24,30)(H,28,29)/t15-,16-/m0/s1. The van der Waals surface area contributed by atoms with Crippen LogP contribution in [0.25, 0.3) is 11.4 Å². The largest absolute Gasteiger partial charge is 0.489 e. The van der Waals surface area contributed by atoms with Crippen LogP contribution in [0.3, 0.4) is 0 Å². The van der Waals surface area contributed by atoms with Crippen molar-refractivity contribution in [2.75, 3.05) is 6.61 Å². The molecule has 0 bridgehead atoms. The maximum Gasteiger partial charge on any atom is 0.407 e. The normalized spacial score (nSPS) is 20.5. The fourth-order valence-electron chi connectivity index (χ4n) is 3.96. The number of hydrogen-bond donors (Lipinski definition) is 2. The molecule has 0 aliphatic heterocycles. The molecular weight excluding hydrogens is 414 g/mol. The van der Waals surface area contributed by atoms with E-state index in [0.717, 1.165) is 19.3 Å². The van der Waals surface area contributed by atoms with Gasteiger partial charge in [0.15, 0.2) is 0 Å². The summed E-state index contributed by atoms with van der Waals surface area (Å²) < 4.78 is 12.8. The van der Waals surface area contributed by atoms with Crippen LogP contribution in [0.2, 0.25) is 0 Å². The van der Waals surface area contributed by atoms with Gasteiger partial charge in [-0.15, -0.1) is 5.10 Å². The zero-order valence-electron chi connectivity index (χ0n) is 18.2. The number of aliphatic carboxylic acids is 1. The monoisotopic (exact) mass is 443 g/mol. The van der Waals surface area contributed by atoms with E-state index in [9.17, 15) is 14.7 Å². The van der Waals surface area contributed by atoms with Crippen LogP contribution in [-0.4, -0.2) is 49.9 Å². The van der Waals surface area contributed by atoms with Crippen LogP contribution in [0.15, 0.2) is 18.3 Å². The highest BCUT2D eigenvalue weighted by molar-refractivity contribution is 5.70. The molecule has 0 saturated heterocycles. The Labute approximate surface area is 186 Å². The first-order chi connectivity index (χ1) is 15.5. The van der Waals surface area contributed by atoms with Crippen molar-refractivity contribution in [2.24, 2.45) is 18.9 Å². The van der Waals surface area contributed by atoms with Gasteiger partial charge >= 0.3 is 12.1 Å². The highest BCUT2D eigenvalue weighted by atomic mass is 16.5. The third-order valence-electron chi connectivity index (χ3n) is 6.06. The topological polar surface area (TPSA) is 128 Å². The number of amides is 1. The summed E-state index contributed by atoms with van der Waals surface area (Å²) in [6, 6.07) is 3.58. The number of carbonyl (C=O) groups is 2. The van der Waals surface area contributed by atoms with Gasteiger partial charge in [0, 0.05) is 7.05 Å². The summed E-state index contributed by atoms with van der Waals surface area (Å²) >= 11 is 0. The lowest BCUT2D eigenvalue weighted by atomic mass is 9.87. The third kappa shape index (κ3) is 5.74. The van der Waals surface area contributed by atoms with Crippen molar-refractivity contribution in [3.8, 4) is 17.1 Å². The van der Waals surface area contributed by atoms with Crippen LogP contribution in [0.5, 0.6) is 5.75 Å². The van der Waals surface area contributed by atoms with E-state index in [0.29, 0.717) is 48.2 Å². The average Bonchev–Trinajstić information content (AvgIpc) is 3.54. The van der Waals surface area contributed by atoms with Gasteiger partial charge in [0.1, 0.15) is 11.4 Å². The number of alkyl carbamates (subject to hydrolysis) is 1. The van der Waals surface area contributed by atoms with Crippen LogP contribution in [0.1, 0.15) is 50.6 Å². The lowest BCUT2D eigenvalue weighted by Crippen LogP contribution is -2.29. The second-order valence-corrected chi connectivity index (χ2v) is 8.55. The molecule has 2 aliphatic carbocycles. The van der Waals surface area contributed by atoms with E-state index >= 15 is 0 Å². The molecule has 1 amide bonds. The minimum Gasteiger partial charge on any atom is -0.489 e. The van der Waals surface area contributed by atoms with E-state index in [2.05, 4.69) is 20.6 Å². The van der Waals surface area contributed by atoms with Crippen molar-refractivity contribution < 1.29 is 24.2 Å². The molecule has 2 N–H and O–H groups in total. The van der Waals surface area contributed by atoms with E-state index in [4.69, 9.17) is 9.47 Å². The molecular formula is C22H29N5O5. The number of aryl methyl sites for hydroxylation is 1. The van der Waals surface area contributed by atoms with Gasteiger partial charge in [0.2, 0.25) is 0 Å². The molecule has 0 unspecified atom stereocenters. The number of pyridine rings is 1. The molecule has 2 aromatic rings. The molecule has 2 heterocycles. The molecule has 2 fully saturated rings. The molecule has 10 nitrogen and oxygen atoms in total. The number of hydrogen-bond acceptors (Lipinski definition) is 7. The molecule has 32 heavy (non-hydrogen) atoms.